The molecule has 3 nitrogen and oxygen atoms in total. The lowest BCUT2D eigenvalue weighted by Crippen LogP contribution is -2.53. The van der Waals surface area contributed by atoms with E-state index in [1.165, 1.54) is 5.56 Å². The molecule has 2 atom stereocenters. The summed E-state index contributed by atoms with van der Waals surface area (Å²) in [5.41, 5.74) is 7.18. The highest BCUT2D eigenvalue weighted by Crippen LogP contribution is 2.38. The van der Waals surface area contributed by atoms with Crippen molar-refractivity contribution in [1.82, 2.24) is 4.90 Å². The maximum atomic E-state index is 6.15. The molecule has 1 aromatic carbocycles. The van der Waals surface area contributed by atoms with Crippen molar-refractivity contribution >= 4 is 17.6 Å². The van der Waals surface area contributed by atoms with E-state index >= 15 is 0 Å². The number of benzene rings is 1. The Kier molecular flexibility index (Phi) is 4.04. The van der Waals surface area contributed by atoms with Gasteiger partial charge >= 0.3 is 0 Å². The number of hydrogen-bond acceptors (Lipinski definition) is 3. The van der Waals surface area contributed by atoms with Crippen LogP contribution in [0.3, 0.4) is 0 Å². The van der Waals surface area contributed by atoms with Crippen LogP contribution in [0.2, 0.25) is 5.02 Å². The van der Waals surface area contributed by atoms with Gasteiger partial charge in [-0.3, -0.25) is 4.99 Å². The first-order valence-electron chi connectivity index (χ1n) is 6.90. The van der Waals surface area contributed by atoms with Gasteiger partial charge in [0.05, 0.1) is 12.1 Å². The van der Waals surface area contributed by atoms with Gasteiger partial charge in [-0.2, -0.15) is 0 Å². The molecule has 2 unspecified atom stereocenters. The molecule has 1 aromatic rings. The fourth-order valence-electron chi connectivity index (χ4n) is 2.91. The van der Waals surface area contributed by atoms with Crippen LogP contribution in [0.4, 0.5) is 0 Å². The van der Waals surface area contributed by atoms with Crippen LogP contribution in [0.25, 0.3) is 0 Å². The van der Waals surface area contributed by atoms with Crippen molar-refractivity contribution in [1.29, 1.82) is 0 Å². The molecule has 0 saturated heterocycles. The molecular weight excluding hydrogens is 258 g/mol. The van der Waals surface area contributed by atoms with E-state index in [-0.39, 0.29) is 5.54 Å². The van der Waals surface area contributed by atoms with Crippen LogP contribution in [0.15, 0.2) is 29.3 Å². The predicted molar refractivity (Wildman–Crippen MR) is 81.5 cm³/mol. The first-order valence-corrected chi connectivity index (χ1v) is 7.28. The van der Waals surface area contributed by atoms with Crippen LogP contribution in [-0.4, -0.2) is 23.4 Å². The average Bonchev–Trinajstić information content (AvgIpc) is 2.76. The van der Waals surface area contributed by atoms with Gasteiger partial charge < -0.3 is 10.6 Å². The molecular formula is C15H22ClN3. The molecule has 1 aliphatic rings. The topological polar surface area (TPSA) is 41.6 Å². The molecule has 0 bridgehead atoms. The number of nitrogens with zero attached hydrogens (tertiary/aromatic N) is 2. The van der Waals surface area contributed by atoms with Crippen LogP contribution in [0, 0.1) is 0 Å². The highest BCUT2D eigenvalue weighted by Gasteiger charge is 2.44. The molecule has 1 aliphatic heterocycles. The summed E-state index contributed by atoms with van der Waals surface area (Å²) in [5.74, 6) is 0.649. The summed E-state index contributed by atoms with van der Waals surface area (Å²) in [5, 5.41) is 0.764. The quantitative estimate of drug-likeness (QED) is 0.918. The number of aliphatic imine (C=N–C) groups is 1. The third-order valence-electron chi connectivity index (χ3n) is 4.19. The van der Waals surface area contributed by atoms with Crippen LogP contribution in [0.5, 0.6) is 0 Å². The molecule has 2 N–H and O–H groups in total. The Morgan fingerprint density at radius 1 is 1.47 bits per heavy atom. The summed E-state index contributed by atoms with van der Waals surface area (Å²) in [7, 11) is 0. The molecule has 0 aliphatic carbocycles. The standard InChI is InChI=1S/C15H22ClN3/c1-4-11(3)19-14(17)18-10-15(19,5-2)12-7-6-8-13(16)9-12/h6-9,11H,4-5,10H2,1-3H3,(H2,17,18). The second-order valence-electron chi connectivity index (χ2n) is 5.20. The Morgan fingerprint density at radius 3 is 2.79 bits per heavy atom. The number of rotatable bonds is 4. The summed E-state index contributed by atoms with van der Waals surface area (Å²) in [6, 6.07) is 8.43. The van der Waals surface area contributed by atoms with Crippen molar-refractivity contribution in [2.75, 3.05) is 6.54 Å². The second kappa shape index (κ2) is 5.41. The maximum absolute atomic E-state index is 6.15. The molecule has 0 saturated carbocycles. The summed E-state index contributed by atoms with van der Waals surface area (Å²) in [4.78, 5) is 6.76. The van der Waals surface area contributed by atoms with Crippen LogP contribution >= 0.6 is 11.6 Å². The predicted octanol–water partition coefficient (Wildman–Crippen LogP) is 3.37. The minimum atomic E-state index is -0.148. The Bertz CT molecular complexity index is 486. The lowest BCUT2D eigenvalue weighted by Gasteiger charge is -2.42. The van der Waals surface area contributed by atoms with Gasteiger partial charge in [-0.1, -0.05) is 37.6 Å². The number of guanidine groups is 1. The molecule has 0 spiro atoms. The third-order valence-corrected chi connectivity index (χ3v) is 4.42. The lowest BCUT2D eigenvalue weighted by molar-refractivity contribution is 0.146. The van der Waals surface area contributed by atoms with Crippen molar-refractivity contribution in [2.24, 2.45) is 10.7 Å². The van der Waals surface area contributed by atoms with Gasteiger partial charge in [-0.05, 0) is 37.5 Å². The monoisotopic (exact) mass is 279 g/mol. The molecule has 104 valence electrons. The first kappa shape index (κ1) is 14.2. The van der Waals surface area contributed by atoms with Gasteiger partial charge in [0, 0.05) is 11.1 Å². The minimum absolute atomic E-state index is 0.148. The van der Waals surface area contributed by atoms with E-state index in [2.05, 4.69) is 36.7 Å². The van der Waals surface area contributed by atoms with Gasteiger partial charge in [-0.25, -0.2) is 0 Å². The van der Waals surface area contributed by atoms with E-state index in [0.717, 1.165) is 17.9 Å². The van der Waals surface area contributed by atoms with Gasteiger partial charge in [0.25, 0.3) is 0 Å². The third kappa shape index (κ3) is 2.32. The van der Waals surface area contributed by atoms with Crippen LogP contribution < -0.4 is 5.73 Å². The minimum Gasteiger partial charge on any atom is -0.370 e. The van der Waals surface area contributed by atoms with Gasteiger partial charge in [0.1, 0.15) is 0 Å². The summed E-state index contributed by atoms with van der Waals surface area (Å²) < 4.78 is 0. The van der Waals surface area contributed by atoms with Crippen molar-refractivity contribution in [3.63, 3.8) is 0 Å². The van der Waals surface area contributed by atoms with Crippen molar-refractivity contribution in [3.05, 3.63) is 34.9 Å². The van der Waals surface area contributed by atoms with Crippen LogP contribution in [-0.2, 0) is 5.54 Å². The zero-order valence-electron chi connectivity index (χ0n) is 11.9. The van der Waals surface area contributed by atoms with Gasteiger partial charge in [0.15, 0.2) is 5.96 Å². The fraction of sp³-hybridized carbons (Fsp3) is 0.533. The summed E-state index contributed by atoms with van der Waals surface area (Å²) in [6.45, 7) is 7.27. The Balaban J connectivity index is 2.48. The highest BCUT2D eigenvalue weighted by molar-refractivity contribution is 6.30. The van der Waals surface area contributed by atoms with E-state index in [1.54, 1.807) is 0 Å². The molecule has 2 rings (SSSR count). The summed E-state index contributed by atoms with van der Waals surface area (Å²) in [6.07, 6.45) is 2.00. The molecule has 0 radical (unpaired) electrons. The van der Waals surface area contributed by atoms with Crippen LogP contribution in [0.1, 0.15) is 39.2 Å². The van der Waals surface area contributed by atoms with Crippen molar-refractivity contribution in [3.8, 4) is 0 Å². The average molecular weight is 280 g/mol. The fourth-order valence-corrected chi connectivity index (χ4v) is 3.10. The van der Waals surface area contributed by atoms with Gasteiger partial charge in [0.2, 0.25) is 0 Å². The Labute approximate surface area is 120 Å². The number of nitrogens with two attached hydrogens (primary N) is 1. The van der Waals surface area contributed by atoms with E-state index < -0.39 is 0 Å². The van der Waals surface area contributed by atoms with Gasteiger partial charge in [-0.15, -0.1) is 0 Å². The second-order valence-corrected chi connectivity index (χ2v) is 5.63. The molecule has 1 heterocycles. The molecule has 0 aromatic heterocycles. The summed E-state index contributed by atoms with van der Waals surface area (Å²) >= 11 is 6.15. The lowest BCUT2D eigenvalue weighted by atomic mass is 9.85. The number of hydrogen-bond donors (Lipinski definition) is 1. The zero-order valence-corrected chi connectivity index (χ0v) is 12.6. The Hall–Kier alpha value is -1.22. The van der Waals surface area contributed by atoms with E-state index in [0.29, 0.717) is 18.5 Å². The molecule has 19 heavy (non-hydrogen) atoms. The normalized spacial score (nSPS) is 24.4. The zero-order chi connectivity index (χ0) is 14.0. The van der Waals surface area contributed by atoms with E-state index in [9.17, 15) is 0 Å². The highest BCUT2D eigenvalue weighted by atomic mass is 35.5. The van der Waals surface area contributed by atoms with Crippen molar-refractivity contribution in [2.45, 2.75) is 45.2 Å². The Morgan fingerprint density at radius 2 is 2.21 bits per heavy atom. The molecule has 0 fully saturated rings. The smallest absolute Gasteiger partial charge is 0.192 e. The van der Waals surface area contributed by atoms with E-state index in [1.807, 2.05) is 18.2 Å². The molecule has 0 amide bonds. The first-order chi connectivity index (χ1) is 9.05. The SMILES string of the molecule is CCC(C)N1C(N)=NCC1(CC)c1cccc(Cl)c1. The number of halogens is 1. The maximum Gasteiger partial charge on any atom is 0.192 e. The molecule has 4 heteroatoms. The largest absolute Gasteiger partial charge is 0.370 e. The van der Waals surface area contributed by atoms with Crippen molar-refractivity contribution < 1.29 is 0 Å². The van der Waals surface area contributed by atoms with E-state index in [4.69, 9.17) is 17.3 Å².